The predicted molar refractivity (Wildman–Crippen MR) is 144 cm³/mol. The van der Waals surface area contributed by atoms with Crippen LogP contribution in [0.4, 0.5) is 0 Å². The summed E-state index contributed by atoms with van der Waals surface area (Å²) in [6, 6.07) is 10.7. The average molecular weight is 520 g/mol. The Kier molecular flexibility index (Phi) is 7.13. The highest BCUT2D eigenvalue weighted by atomic mass is 16.5. The molecule has 3 atom stereocenters. The molecule has 0 spiro atoms. The summed E-state index contributed by atoms with van der Waals surface area (Å²) in [6.45, 7) is 6.44. The summed E-state index contributed by atoms with van der Waals surface area (Å²) < 4.78 is 7.22. The number of benzene rings is 2. The van der Waals surface area contributed by atoms with Gasteiger partial charge >= 0.3 is 0 Å². The first-order valence-corrected chi connectivity index (χ1v) is 13.4. The topological polar surface area (TPSA) is 110 Å². The Morgan fingerprint density at radius 2 is 1.95 bits per heavy atom. The maximum Gasteiger partial charge on any atom is 0.248 e. The number of aromatic nitrogens is 3. The van der Waals surface area contributed by atoms with Gasteiger partial charge in [0.15, 0.2) is 0 Å². The molecule has 2 aromatic carbocycles. The van der Waals surface area contributed by atoms with Crippen LogP contribution in [0.1, 0.15) is 63.3 Å². The van der Waals surface area contributed by atoms with Crippen LogP contribution in [0.15, 0.2) is 42.6 Å². The Balaban J connectivity index is 1.30. The van der Waals surface area contributed by atoms with Gasteiger partial charge in [0.1, 0.15) is 17.8 Å². The van der Waals surface area contributed by atoms with Gasteiger partial charge in [-0.2, -0.15) is 0 Å². The van der Waals surface area contributed by atoms with E-state index in [0.717, 1.165) is 40.6 Å². The lowest BCUT2D eigenvalue weighted by Crippen LogP contribution is -2.50. The van der Waals surface area contributed by atoms with E-state index in [9.17, 15) is 14.7 Å². The summed E-state index contributed by atoms with van der Waals surface area (Å²) in [7, 11) is 1.64. The smallest absolute Gasteiger partial charge is 0.248 e. The molecular weight excluding hydrogens is 482 g/mol. The molecule has 3 aromatic rings. The van der Waals surface area contributed by atoms with Gasteiger partial charge in [-0.05, 0) is 41.5 Å². The first kappa shape index (κ1) is 26.2. The second-order valence-corrected chi connectivity index (χ2v) is 11.6. The van der Waals surface area contributed by atoms with E-state index in [0.29, 0.717) is 18.9 Å². The predicted octanol–water partition coefficient (Wildman–Crippen LogP) is 3.23. The zero-order chi connectivity index (χ0) is 27.0. The number of amides is 2. The zero-order valence-corrected chi connectivity index (χ0v) is 22.6. The van der Waals surface area contributed by atoms with Crippen molar-refractivity contribution in [1.82, 2.24) is 25.2 Å². The normalized spacial score (nSPS) is 20.5. The Morgan fingerprint density at radius 3 is 2.66 bits per heavy atom. The third-order valence-electron chi connectivity index (χ3n) is 7.60. The minimum absolute atomic E-state index is 0.116. The summed E-state index contributed by atoms with van der Waals surface area (Å²) in [4.78, 5) is 28.8. The van der Waals surface area contributed by atoms with Gasteiger partial charge in [0.25, 0.3) is 0 Å². The van der Waals surface area contributed by atoms with Gasteiger partial charge in [-0.1, -0.05) is 56.3 Å². The number of hydrogen-bond donors (Lipinski definition) is 2. The summed E-state index contributed by atoms with van der Waals surface area (Å²) in [6.07, 6.45) is 4.08. The number of methoxy groups -OCH3 is 1. The van der Waals surface area contributed by atoms with Crippen LogP contribution >= 0.6 is 0 Å². The second kappa shape index (κ2) is 10.4. The SMILES string of the molecule is COc1ccc2ccccc2c1CCNC(=O)C1CC(O)CN1C(=O)[C@@H](n1cc(C2CC2)nn1)C(C)(C)C. The number of nitrogens with zero attached hydrogens (tertiary/aromatic N) is 4. The van der Waals surface area contributed by atoms with Crippen LogP contribution in [0.25, 0.3) is 10.8 Å². The van der Waals surface area contributed by atoms with Crippen molar-refractivity contribution in [2.24, 2.45) is 5.41 Å². The van der Waals surface area contributed by atoms with Gasteiger partial charge in [-0.3, -0.25) is 9.59 Å². The minimum Gasteiger partial charge on any atom is -0.496 e. The molecule has 2 fully saturated rings. The van der Waals surface area contributed by atoms with Crippen molar-refractivity contribution in [3.8, 4) is 5.75 Å². The minimum atomic E-state index is -0.758. The van der Waals surface area contributed by atoms with Crippen LogP contribution in [0.5, 0.6) is 5.75 Å². The third-order valence-corrected chi connectivity index (χ3v) is 7.60. The van der Waals surface area contributed by atoms with E-state index in [4.69, 9.17) is 4.74 Å². The van der Waals surface area contributed by atoms with Crippen molar-refractivity contribution in [1.29, 1.82) is 0 Å². The number of rotatable bonds is 8. The van der Waals surface area contributed by atoms with E-state index in [1.807, 2.05) is 57.3 Å². The Labute approximate surface area is 223 Å². The number of β-amino-alcohol motifs (C(OH)–C–C–N with tert-alkyl or cyclic N) is 1. The first-order chi connectivity index (χ1) is 18.2. The van der Waals surface area contributed by atoms with Crippen molar-refractivity contribution in [2.75, 3.05) is 20.2 Å². The van der Waals surface area contributed by atoms with E-state index < -0.39 is 23.6 Å². The zero-order valence-electron chi connectivity index (χ0n) is 22.6. The average Bonchev–Trinajstić information content (AvgIpc) is 3.49. The molecule has 0 bridgehead atoms. The van der Waals surface area contributed by atoms with Crippen LogP contribution in [-0.2, 0) is 16.0 Å². The number of aliphatic hydroxyl groups is 1. The largest absolute Gasteiger partial charge is 0.496 e. The number of ether oxygens (including phenoxy) is 1. The van der Waals surface area contributed by atoms with Crippen molar-refractivity contribution in [3.63, 3.8) is 0 Å². The second-order valence-electron chi connectivity index (χ2n) is 11.6. The lowest BCUT2D eigenvalue weighted by atomic mass is 9.85. The van der Waals surface area contributed by atoms with E-state index in [1.54, 1.807) is 11.8 Å². The van der Waals surface area contributed by atoms with Gasteiger partial charge in [-0.25, -0.2) is 4.68 Å². The number of carbonyl (C=O) groups excluding carboxylic acids is 2. The van der Waals surface area contributed by atoms with Crippen LogP contribution in [0.2, 0.25) is 0 Å². The summed E-state index contributed by atoms with van der Waals surface area (Å²) in [5.74, 6) is 0.709. The van der Waals surface area contributed by atoms with Gasteiger partial charge < -0.3 is 20.1 Å². The van der Waals surface area contributed by atoms with Crippen molar-refractivity contribution in [2.45, 2.75) is 70.6 Å². The highest BCUT2D eigenvalue weighted by Gasteiger charge is 2.45. The molecule has 38 heavy (non-hydrogen) atoms. The number of likely N-dealkylation sites (tertiary alicyclic amines) is 1. The molecule has 9 nitrogen and oxygen atoms in total. The molecule has 1 aliphatic carbocycles. The van der Waals surface area contributed by atoms with E-state index in [1.165, 1.54) is 4.90 Å². The molecule has 2 aliphatic rings. The molecule has 2 amide bonds. The number of fused-ring (bicyclic) bond motifs is 1. The Bertz CT molecular complexity index is 1330. The number of carbonyl (C=O) groups is 2. The molecule has 2 N–H and O–H groups in total. The van der Waals surface area contributed by atoms with Crippen molar-refractivity contribution < 1.29 is 19.4 Å². The van der Waals surface area contributed by atoms with Crippen molar-refractivity contribution >= 4 is 22.6 Å². The maximum absolute atomic E-state index is 13.9. The van der Waals surface area contributed by atoms with Crippen LogP contribution < -0.4 is 10.1 Å². The molecule has 1 saturated carbocycles. The lowest BCUT2D eigenvalue weighted by Gasteiger charge is -2.34. The number of aliphatic hydroxyl groups excluding tert-OH is 1. The summed E-state index contributed by atoms with van der Waals surface area (Å²) in [5, 5.41) is 24.3. The molecule has 9 heteroatoms. The molecule has 1 aromatic heterocycles. The van der Waals surface area contributed by atoms with Crippen molar-refractivity contribution in [3.05, 3.63) is 53.9 Å². The molecule has 2 heterocycles. The van der Waals surface area contributed by atoms with E-state index in [2.05, 4.69) is 21.7 Å². The fourth-order valence-corrected chi connectivity index (χ4v) is 5.52. The van der Waals surface area contributed by atoms with E-state index in [-0.39, 0.29) is 24.8 Å². The van der Waals surface area contributed by atoms with E-state index >= 15 is 0 Å². The molecule has 5 rings (SSSR count). The first-order valence-electron chi connectivity index (χ1n) is 13.4. The van der Waals surface area contributed by atoms with Gasteiger partial charge in [0.2, 0.25) is 11.8 Å². The van der Waals surface area contributed by atoms with Crippen LogP contribution in [0, 0.1) is 5.41 Å². The molecular formula is C29H37N5O4. The standard InChI is InChI=1S/C29H37N5O4/c1-29(2,3)26(34-17-23(31-32-34)19-9-10-19)28(37)33-16-20(35)15-24(33)27(36)30-14-13-22-21-8-6-5-7-18(21)11-12-25(22)38-4/h5-8,11-12,17,19-20,24,26,35H,9-10,13-16H2,1-4H3,(H,30,36)/t20?,24?,26-/m1/s1. The molecule has 0 radical (unpaired) electrons. The monoisotopic (exact) mass is 519 g/mol. The lowest BCUT2D eigenvalue weighted by molar-refractivity contribution is -0.144. The fraction of sp³-hybridized carbons (Fsp3) is 0.517. The van der Waals surface area contributed by atoms with Gasteiger partial charge in [0, 0.05) is 37.2 Å². The fourth-order valence-electron chi connectivity index (χ4n) is 5.52. The summed E-state index contributed by atoms with van der Waals surface area (Å²) >= 11 is 0. The molecule has 1 aliphatic heterocycles. The quantitative estimate of drug-likeness (QED) is 0.473. The molecule has 202 valence electrons. The summed E-state index contributed by atoms with van der Waals surface area (Å²) in [5.41, 5.74) is 1.47. The molecule has 1 saturated heterocycles. The highest BCUT2D eigenvalue weighted by Crippen LogP contribution is 2.40. The highest BCUT2D eigenvalue weighted by molar-refractivity contribution is 5.90. The Morgan fingerprint density at radius 1 is 1.18 bits per heavy atom. The molecule has 2 unspecified atom stereocenters. The number of hydrogen-bond acceptors (Lipinski definition) is 6. The van der Waals surface area contributed by atoms with Crippen LogP contribution in [0.3, 0.4) is 0 Å². The maximum atomic E-state index is 13.9. The third kappa shape index (κ3) is 5.25. The number of nitrogens with one attached hydrogen (secondary N) is 1. The van der Waals surface area contributed by atoms with Gasteiger partial charge in [-0.15, -0.1) is 5.10 Å². The van der Waals surface area contributed by atoms with Crippen LogP contribution in [-0.4, -0.2) is 69.2 Å². The van der Waals surface area contributed by atoms with Gasteiger partial charge in [0.05, 0.1) is 18.9 Å². The Hall–Kier alpha value is -3.46.